The molecule has 0 aliphatic rings. The highest BCUT2D eigenvalue weighted by atomic mass is 35.5. The molecule has 0 radical (unpaired) electrons. The van der Waals surface area contributed by atoms with E-state index in [4.69, 9.17) is 11.6 Å². The zero-order valence-electron chi connectivity index (χ0n) is 10.3. The van der Waals surface area contributed by atoms with Gasteiger partial charge in [0.2, 0.25) is 0 Å². The molecule has 3 nitrogen and oxygen atoms in total. The molecule has 0 bridgehead atoms. The fourth-order valence-corrected chi connectivity index (χ4v) is 3.75. The van der Waals surface area contributed by atoms with Crippen LogP contribution in [0.2, 0.25) is 5.02 Å². The second-order valence-corrected chi connectivity index (χ2v) is 6.75. The van der Waals surface area contributed by atoms with Crippen molar-refractivity contribution in [3.8, 4) is 0 Å². The van der Waals surface area contributed by atoms with Gasteiger partial charge in [-0.05, 0) is 29.8 Å². The molecular weight excluding hydrogens is 282 g/mol. The highest BCUT2D eigenvalue weighted by Gasteiger charge is 2.29. The summed E-state index contributed by atoms with van der Waals surface area (Å²) in [6, 6.07) is 15.4. The van der Waals surface area contributed by atoms with Gasteiger partial charge in [0.05, 0.1) is 11.4 Å². The third-order valence-corrected chi connectivity index (χ3v) is 5.39. The summed E-state index contributed by atoms with van der Waals surface area (Å²) in [5, 5.41) is -0.111. The lowest BCUT2D eigenvalue weighted by Crippen LogP contribution is -2.54. The topological polar surface area (TPSA) is 61.8 Å². The average Bonchev–Trinajstić information content (AvgIpc) is 2.41. The fraction of sp³-hybridized carbons (Fsp3) is 0.143. The quantitative estimate of drug-likeness (QED) is 0.939. The number of hydrogen-bond donors (Lipinski definition) is 1. The average molecular weight is 297 g/mol. The summed E-state index contributed by atoms with van der Waals surface area (Å²) in [5.41, 5.74) is 4.52. The van der Waals surface area contributed by atoms with Crippen molar-refractivity contribution in [1.82, 2.24) is 0 Å². The Kier molecular flexibility index (Phi) is 4.24. The van der Waals surface area contributed by atoms with Gasteiger partial charge in [-0.2, -0.15) is 0 Å². The Morgan fingerprint density at radius 3 is 2.11 bits per heavy atom. The van der Waals surface area contributed by atoms with Crippen molar-refractivity contribution >= 4 is 21.4 Å². The molecule has 0 spiro atoms. The van der Waals surface area contributed by atoms with E-state index in [2.05, 4.69) is 5.73 Å². The molecule has 2 aromatic rings. The van der Waals surface area contributed by atoms with Crippen molar-refractivity contribution in [3.63, 3.8) is 0 Å². The minimum atomic E-state index is -3.44. The fourth-order valence-electron chi connectivity index (χ4n) is 1.96. The first-order valence-electron chi connectivity index (χ1n) is 5.89. The first-order valence-corrected chi connectivity index (χ1v) is 7.82. The van der Waals surface area contributed by atoms with Crippen molar-refractivity contribution < 1.29 is 14.2 Å². The van der Waals surface area contributed by atoms with Gasteiger partial charge in [0.25, 0.3) is 0 Å². The summed E-state index contributed by atoms with van der Waals surface area (Å²) in [4.78, 5) is 0.273. The first kappa shape index (κ1) is 14.1. The number of quaternary nitrogens is 1. The Bertz CT molecular complexity index is 639. The molecule has 2 rings (SSSR count). The summed E-state index contributed by atoms with van der Waals surface area (Å²) in [6.45, 7) is 0.287. The van der Waals surface area contributed by atoms with Crippen LogP contribution in [0.15, 0.2) is 59.5 Å². The zero-order valence-corrected chi connectivity index (χ0v) is 11.9. The van der Waals surface area contributed by atoms with Crippen molar-refractivity contribution in [2.75, 3.05) is 6.54 Å². The molecular formula is C14H15ClNO2S+. The van der Waals surface area contributed by atoms with Gasteiger partial charge in [-0.3, -0.25) is 0 Å². The van der Waals surface area contributed by atoms with Crippen LogP contribution >= 0.6 is 11.6 Å². The predicted octanol–water partition coefficient (Wildman–Crippen LogP) is 2.10. The van der Waals surface area contributed by atoms with Crippen molar-refractivity contribution in [3.05, 3.63) is 65.2 Å². The molecule has 0 aliphatic heterocycles. The minimum Gasteiger partial charge on any atom is -0.356 e. The van der Waals surface area contributed by atoms with Gasteiger partial charge in [0.1, 0.15) is 5.25 Å². The lowest BCUT2D eigenvalue weighted by Gasteiger charge is -2.14. The Morgan fingerprint density at radius 2 is 1.58 bits per heavy atom. The van der Waals surface area contributed by atoms with Crippen LogP contribution in [0.1, 0.15) is 10.8 Å². The van der Waals surface area contributed by atoms with E-state index in [0.717, 1.165) is 5.56 Å². The summed E-state index contributed by atoms with van der Waals surface area (Å²) >= 11 is 5.79. The largest absolute Gasteiger partial charge is 0.356 e. The van der Waals surface area contributed by atoms with Crippen LogP contribution in [0, 0.1) is 0 Å². The van der Waals surface area contributed by atoms with Gasteiger partial charge in [0.15, 0.2) is 9.84 Å². The van der Waals surface area contributed by atoms with Crippen molar-refractivity contribution in [1.29, 1.82) is 0 Å². The summed E-state index contributed by atoms with van der Waals surface area (Å²) in [7, 11) is -3.44. The van der Waals surface area contributed by atoms with E-state index >= 15 is 0 Å². The summed E-state index contributed by atoms with van der Waals surface area (Å²) in [6.07, 6.45) is 0. The van der Waals surface area contributed by atoms with E-state index < -0.39 is 15.1 Å². The molecule has 2 aromatic carbocycles. The van der Waals surface area contributed by atoms with Crippen molar-refractivity contribution in [2.45, 2.75) is 10.1 Å². The van der Waals surface area contributed by atoms with E-state index in [9.17, 15) is 8.42 Å². The highest BCUT2D eigenvalue weighted by Crippen LogP contribution is 2.28. The number of benzene rings is 2. The molecule has 5 heteroatoms. The molecule has 3 N–H and O–H groups in total. The van der Waals surface area contributed by atoms with E-state index in [1.54, 1.807) is 12.1 Å². The van der Waals surface area contributed by atoms with Crippen LogP contribution in [-0.2, 0) is 9.84 Å². The Hall–Kier alpha value is -1.36. The Balaban J connectivity index is 2.45. The molecule has 0 amide bonds. The zero-order chi connectivity index (χ0) is 13.9. The molecule has 1 atom stereocenters. The van der Waals surface area contributed by atoms with Crippen LogP contribution in [0.4, 0.5) is 0 Å². The van der Waals surface area contributed by atoms with Gasteiger partial charge in [-0.15, -0.1) is 0 Å². The predicted molar refractivity (Wildman–Crippen MR) is 75.6 cm³/mol. The monoisotopic (exact) mass is 296 g/mol. The Labute approximate surface area is 117 Å². The number of sulfone groups is 1. The Morgan fingerprint density at radius 1 is 1.00 bits per heavy atom. The molecule has 0 heterocycles. The second kappa shape index (κ2) is 5.74. The third kappa shape index (κ3) is 2.97. The lowest BCUT2D eigenvalue weighted by atomic mass is 10.1. The molecule has 0 aliphatic carbocycles. The molecule has 100 valence electrons. The van der Waals surface area contributed by atoms with Gasteiger partial charge >= 0.3 is 0 Å². The third-order valence-electron chi connectivity index (χ3n) is 2.95. The number of hydrogen-bond acceptors (Lipinski definition) is 2. The first-order chi connectivity index (χ1) is 9.05. The van der Waals surface area contributed by atoms with Crippen LogP contribution in [0.25, 0.3) is 0 Å². The maximum Gasteiger partial charge on any atom is 0.190 e. The van der Waals surface area contributed by atoms with Crippen LogP contribution in [-0.4, -0.2) is 15.0 Å². The molecule has 0 saturated heterocycles. The van der Waals surface area contributed by atoms with Crippen LogP contribution in [0.5, 0.6) is 0 Å². The second-order valence-electron chi connectivity index (χ2n) is 4.19. The normalized spacial score (nSPS) is 13.2. The molecule has 0 fully saturated rings. The summed E-state index contributed by atoms with van der Waals surface area (Å²) in [5.74, 6) is 0. The van der Waals surface area contributed by atoms with Gasteiger partial charge in [-0.25, -0.2) is 8.42 Å². The van der Waals surface area contributed by atoms with Crippen molar-refractivity contribution in [2.24, 2.45) is 0 Å². The maximum atomic E-state index is 12.6. The number of halogens is 1. The van der Waals surface area contributed by atoms with E-state index in [1.807, 2.05) is 30.3 Å². The van der Waals surface area contributed by atoms with E-state index in [1.165, 1.54) is 12.1 Å². The molecule has 0 unspecified atom stereocenters. The van der Waals surface area contributed by atoms with Gasteiger partial charge in [0, 0.05) is 5.02 Å². The smallest absolute Gasteiger partial charge is 0.190 e. The molecule has 19 heavy (non-hydrogen) atoms. The molecule has 0 saturated carbocycles. The highest BCUT2D eigenvalue weighted by molar-refractivity contribution is 7.91. The van der Waals surface area contributed by atoms with Crippen LogP contribution < -0.4 is 5.73 Å². The lowest BCUT2D eigenvalue weighted by molar-refractivity contribution is -0.367. The standard InChI is InChI=1S/C14H14ClNO2S/c15-12-6-8-13(9-7-12)19(17,18)14(10-16)11-4-2-1-3-5-11/h1-9,14H,10,16H2/p+1/t14-/m0/s1. The SMILES string of the molecule is [NH3+]C[C@@H](c1ccccc1)S(=O)(=O)c1ccc(Cl)cc1. The minimum absolute atomic E-state index is 0.273. The van der Waals surface area contributed by atoms with Gasteiger partial charge < -0.3 is 5.73 Å². The maximum absolute atomic E-state index is 12.6. The summed E-state index contributed by atoms with van der Waals surface area (Å²) < 4.78 is 25.2. The van der Waals surface area contributed by atoms with E-state index in [-0.39, 0.29) is 11.4 Å². The number of rotatable bonds is 4. The van der Waals surface area contributed by atoms with E-state index in [0.29, 0.717) is 5.02 Å². The molecule has 0 aromatic heterocycles. The van der Waals surface area contributed by atoms with Crippen LogP contribution in [0.3, 0.4) is 0 Å². The van der Waals surface area contributed by atoms with Gasteiger partial charge in [-0.1, -0.05) is 41.9 Å².